The van der Waals surface area contributed by atoms with Gasteiger partial charge >= 0.3 is 18.1 Å². The van der Waals surface area contributed by atoms with Crippen LogP contribution in [0.4, 0.5) is 0 Å². The summed E-state index contributed by atoms with van der Waals surface area (Å²) in [6.45, 7) is 9.60. The van der Waals surface area contributed by atoms with Crippen LogP contribution in [0.25, 0.3) is 0 Å². The Hall–Kier alpha value is -3.21. The fraction of sp³-hybridized carbons (Fsp3) is 0.556. The molecule has 1 heterocycles. The van der Waals surface area contributed by atoms with E-state index in [0.29, 0.717) is 12.2 Å². The Morgan fingerprint density at radius 2 is 1.63 bits per heavy atom. The first kappa shape index (κ1) is 31.5. The van der Waals surface area contributed by atoms with Gasteiger partial charge in [0.1, 0.15) is 0 Å². The molecule has 12 nitrogen and oxygen atoms in total. The first-order valence-electron chi connectivity index (χ1n) is 8.93. The quantitative estimate of drug-likeness (QED) is 0.387. The second-order valence-electron chi connectivity index (χ2n) is 5.26. The molecular formula is C18H30N4O8. The number of rotatable bonds is 6. The number of nitrogens with two attached hydrogens (primary N) is 2. The highest BCUT2D eigenvalue weighted by molar-refractivity contribution is 6.33. The van der Waals surface area contributed by atoms with Crippen LogP contribution in [-0.2, 0) is 28.7 Å². The number of H-pyrrole nitrogens is 1. The van der Waals surface area contributed by atoms with E-state index in [2.05, 4.69) is 19.4 Å². The Morgan fingerprint density at radius 1 is 1.17 bits per heavy atom. The molecule has 170 valence electrons. The third-order valence-corrected chi connectivity index (χ3v) is 2.58. The van der Waals surface area contributed by atoms with Crippen LogP contribution >= 0.6 is 0 Å². The molecular weight excluding hydrogens is 400 g/mol. The van der Waals surface area contributed by atoms with Gasteiger partial charge in [0.05, 0.1) is 13.2 Å². The van der Waals surface area contributed by atoms with Crippen molar-refractivity contribution in [3.8, 4) is 0 Å². The van der Waals surface area contributed by atoms with Crippen LogP contribution in [0.15, 0.2) is 11.0 Å². The lowest BCUT2D eigenvalue weighted by molar-refractivity contribution is -0.191. The van der Waals surface area contributed by atoms with Gasteiger partial charge in [-0.05, 0) is 27.7 Å². The zero-order chi connectivity index (χ0) is 24.1. The third-order valence-electron chi connectivity index (χ3n) is 2.58. The first-order chi connectivity index (χ1) is 14.1. The molecule has 1 atom stereocenters. The Morgan fingerprint density at radius 3 is 1.97 bits per heavy atom. The molecule has 0 saturated heterocycles. The Balaban J connectivity index is -0.000000373. The predicted molar refractivity (Wildman–Crippen MR) is 105 cm³/mol. The highest BCUT2D eigenvalue weighted by Crippen LogP contribution is 1.91. The van der Waals surface area contributed by atoms with Crippen molar-refractivity contribution in [3.63, 3.8) is 0 Å². The minimum Gasteiger partial charge on any atom is -0.461 e. The summed E-state index contributed by atoms with van der Waals surface area (Å²) in [4.78, 5) is 65.4. The summed E-state index contributed by atoms with van der Waals surface area (Å²) in [7, 11) is 0. The topological polar surface area (TPSA) is 202 Å². The number of hydrogen-bond acceptors (Lipinski definition) is 11. The van der Waals surface area contributed by atoms with Crippen LogP contribution in [0.1, 0.15) is 50.3 Å². The number of aromatic nitrogens is 2. The standard InChI is InChI=1S/C8H10N2O3.C6H10O3.C3H10N2.CO2/c1-3-13-8(12)6-7(11)10-5(2)4-9-6;1-3-5(7)6(8)9-4-2;1-3(5)2-4;2-1-3/h4H,3H2,1-2H3,(H,10,11);3-4H2,1-2H3;3H,2,4-5H2,1H3;. The van der Waals surface area contributed by atoms with Gasteiger partial charge in [-0.15, -0.1) is 0 Å². The molecule has 0 fully saturated rings. The molecule has 0 radical (unpaired) electrons. The van der Waals surface area contributed by atoms with Gasteiger partial charge in [0.2, 0.25) is 11.5 Å². The van der Waals surface area contributed by atoms with Crippen LogP contribution in [-0.4, -0.2) is 59.6 Å². The highest BCUT2D eigenvalue weighted by Gasteiger charge is 2.12. The molecule has 0 bridgehead atoms. The van der Waals surface area contributed by atoms with Crippen LogP contribution in [0.3, 0.4) is 0 Å². The number of carbonyl (C=O) groups excluding carboxylic acids is 5. The van der Waals surface area contributed by atoms with E-state index in [4.69, 9.17) is 21.1 Å². The van der Waals surface area contributed by atoms with Crippen LogP contribution in [0.5, 0.6) is 0 Å². The molecule has 0 aliphatic carbocycles. The zero-order valence-corrected chi connectivity index (χ0v) is 17.9. The van der Waals surface area contributed by atoms with E-state index in [9.17, 15) is 19.2 Å². The Bertz CT molecular complexity index is 725. The number of ketones is 1. The minimum absolute atomic E-state index is 0.162. The normalized spacial score (nSPS) is 9.57. The number of esters is 2. The lowest BCUT2D eigenvalue weighted by Crippen LogP contribution is -2.25. The molecule has 1 unspecified atom stereocenters. The molecule has 1 aromatic heterocycles. The maximum Gasteiger partial charge on any atom is 0.374 e. The third kappa shape index (κ3) is 18.2. The first-order valence-corrected chi connectivity index (χ1v) is 8.93. The molecule has 0 spiro atoms. The average molecular weight is 430 g/mol. The number of nitrogens with one attached hydrogen (secondary N) is 1. The number of aryl methyl sites for hydroxylation is 1. The smallest absolute Gasteiger partial charge is 0.374 e. The SMILES string of the molecule is CC(N)CN.CCOC(=O)C(=O)CC.CCOC(=O)c1ncc(C)[nH]c1=O.O=C=O. The zero-order valence-electron chi connectivity index (χ0n) is 17.9. The van der Waals surface area contributed by atoms with Crippen molar-refractivity contribution in [2.75, 3.05) is 19.8 Å². The molecule has 0 saturated carbocycles. The number of aromatic amines is 1. The van der Waals surface area contributed by atoms with E-state index in [0.717, 1.165) is 0 Å². The van der Waals surface area contributed by atoms with Gasteiger partial charge in [-0.25, -0.2) is 14.6 Å². The van der Waals surface area contributed by atoms with Gasteiger partial charge in [0.25, 0.3) is 5.56 Å². The molecule has 1 aromatic rings. The summed E-state index contributed by atoms with van der Waals surface area (Å²) >= 11 is 0. The lowest BCUT2D eigenvalue weighted by Gasteiger charge is -1.99. The summed E-state index contributed by atoms with van der Waals surface area (Å²) in [6, 6.07) is 0.162. The Kier molecular flexibility index (Phi) is 21.5. The van der Waals surface area contributed by atoms with E-state index in [-0.39, 0.29) is 37.5 Å². The second-order valence-corrected chi connectivity index (χ2v) is 5.26. The second kappa shape index (κ2) is 20.5. The molecule has 12 heteroatoms. The summed E-state index contributed by atoms with van der Waals surface area (Å²) < 4.78 is 9.03. The summed E-state index contributed by atoms with van der Waals surface area (Å²) in [5, 5.41) is 0. The molecule has 0 aliphatic heterocycles. The number of nitrogens with zero attached hydrogens (tertiary/aromatic N) is 1. The molecule has 0 aliphatic rings. The minimum atomic E-state index is -0.722. The van der Waals surface area contributed by atoms with Crippen molar-refractivity contribution in [3.05, 3.63) is 27.9 Å². The largest absolute Gasteiger partial charge is 0.461 e. The van der Waals surface area contributed by atoms with E-state index in [1.807, 2.05) is 6.92 Å². The number of carbonyl (C=O) groups is 3. The van der Waals surface area contributed by atoms with E-state index >= 15 is 0 Å². The average Bonchev–Trinajstić information content (AvgIpc) is 2.69. The molecule has 1 rings (SSSR count). The van der Waals surface area contributed by atoms with Gasteiger partial charge in [0.15, 0.2) is 0 Å². The number of Topliss-reactive ketones (excluding diaryl/α,β-unsaturated/α-hetero) is 1. The highest BCUT2D eigenvalue weighted by atomic mass is 16.5. The van der Waals surface area contributed by atoms with Gasteiger partial charge in [-0.1, -0.05) is 6.92 Å². The molecule has 5 N–H and O–H groups in total. The van der Waals surface area contributed by atoms with Gasteiger partial charge < -0.3 is 25.9 Å². The molecule has 0 aromatic carbocycles. The Labute approximate surface area is 174 Å². The molecule has 30 heavy (non-hydrogen) atoms. The fourth-order valence-electron chi connectivity index (χ4n) is 1.19. The van der Waals surface area contributed by atoms with Gasteiger partial charge in [0, 0.05) is 30.9 Å². The monoisotopic (exact) mass is 430 g/mol. The van der Waals surface area contributed by atoms with Crippen LogP contribution < -0.4 is 17.0 Å². The maximum absolute atomic E-state index is 11.1. The van der Waals surface area contributed by atoms with Crippen molar-refractivity contribution < 1.29 is 33.4 Å². The van der Waals surface area contributed by atoms with E-state index < -0.39 is 23.3 Å². The predicted octanol–water partition coefficient (Wildman–Crippen LogP) is -0.508. The number of hydrogen-bond donors (Lipinski definition) is 3. The van der Waals surface area contributed by atoms with Crippen molar-refractivity contribution in [2.45, 2.75) is 47.1 Å². The molecule has 0 amide bonds. The van der Waals surface area contributed by atoms with Crippen molar-refractivity contribution in [1.29, 1.82) is 0 Å². The number of ether oxygens (including phenoxy) is 2. The van der Waals surface area contributed by atoms with Gasteiger partial charge in [-0.3, -0.25) is 9.59 Å². The maximum atomic E-state index is 11.1. The van der Waals surface area contributed by atoms with Crippen LogP contribution in [0.2, 0.25) is 0 Å². The summed E-state index contributed by atoms with van der Waals surface area (Å²) in [6.07, 6.45) is 1.88. The fourth-order valence-corrected chi connectivity index (χ4v) is 1.19. The van der Waals surface area contributed by atoms with Crippen molar-refractivity contribution >= 4 is 23.9 Å². The summed E-state index contributed by atoms with van der Waals surface area (Å²) in [5.74, 6) is -1.87. The van der Waals surface area contributed by atoms with E-state index in [1.54, 1.807) is 27.7 Å². The van der Waals surface area contributed by atoms with Crippen molar-refractivity contribution in [2.24, 2.45) is 11.5 Å². The van der Waals surface area contributed by atoms with Gasteiger partial charge in [-0.2, -0.15) is 9.59 Å². The lowest BCUT2D eigenvalue weighted by atomic mass is 10.3. The summed E-state index contributed by atoms with van der Waals surface area (Å²) in [5.41, 5.74) is 10.1. The van der Waals surface area contributed by atoms with Crippen LogP contribution in [0, 0.1) is 6.92 Å². The van der Waals surface area contributed by atoms with E-state index in [1.165, 1.54) is 6.20 Å². The van der Waals surface area contributed by atoms with Crippen molar-refractivity contribution in [1.82, 2.24) is 9.97 Å².